The van der Waals surface area contributed by atoms with Crippen LogP contribution in [0.4, 0.5) is 5.95 Å². The zero-order valence-electron chi connectivity index (χ0n) is 9.73. The van der Waals surface area contributed by atoms with E-state index >= 15 is 0 Å². The second-order valence-corrected chi connectivity index (χ2v) is 3.99. The maximum absolute atomic E-state index is 12.0. The molecule has 17 heavy (non-hydrogen) atoms. The number of hydrogen-bond acceptors (Lipinski definition) is 4. The van der Waals surface area contributed by atoms with Gasteiger partial charge >= 0.3 is 0 Å². The summed E-state index contributed by atoms with van der Waals surface area (Å²) in [6.45, 7) is 5.28. The average Bonchev–Trinajstić information content (AvgIpc) is 2.52. The highest BCUT2D eigenvalue weighted by Gasteiger charge is 2.30. The van der Waals surface area contributed by atoms with E-state index in [-0.39, 0.29) is 11.9 Å². The van der Waals surface area contributed by atoms with Gasteiger partial charge in [-0.05, 0) is 26.8 Å². The number of carbonyl (C=O) groups is 1. The highest BCUT2D eigenvalue weighted by Crippen LogP contribution is 2.21. The Morgan fingerprint density at radius 3 is 2.59 bits per heavy atom. The van der Waals surface area contributed by atoms with E-state index in [1.165, 1.54) is 4.90 Å². The van der Waals surface area contributed by atoms with Crippen LogP contribution >= 0.6 is 11.6 Å². The molecule has 1 aromatic rings. The van der Waals surface area contributed by atoms with Crippen LogP contribution in [-0.4, -0.2) is 21.7 Å². The van der Waals surface area contributed by atoms with Crippen molar-refractivity contribution in [3.63, 3.8) is 0 Å². The number of aliphatic imine (C=N–C) groups is 1. The molecule has 0 aromatic carbocycles. The molecule has 0 fully saturated rings. The number of amidine groups is 1. The number of allylic oxidation sites excluding steroid dienone is 1. The van der Waals surface area contributed by atoms with Crippen LogP contribution in [0.5, 0.6) is 0 Å². The molecule has 0 saturated carbocycles. The third-order valence-corrected chi connectivity index (χ3v) is 2.51. The van der Waals surface area contributed by atoms with Crippen molar-refractivity contribution in [1.29, 1.82) is 0 Å². The SMILES string of the molecule is C/C=C1/N=C(C)N(c2nc(C)cc(Cl)n2)C1=O. The van der Waals surface area contributed by atoms with Crippen LogP contribution in [0.25, 0.3) is 0 Å². The fourth-order valence-electron chi connectivity index (χ4n) is 1.57. The lowest BCUT2D eigenvalue weighted by Gasteiger charge is -2.13. The smallest absolute Gasteiger partial charge is 0.266 e. The summed E-state index contributed by atoms with van der Waals surface area (Å²) in [7, 11) is 0. The number of hydrogen-bond donors (Lipinski definition) is 0. The van der Waals surface area contributed by atoms with Crippen LogP contribution in [-0.2, 0) is 4.79 Å². The first-order chi connectivity index (χ1) is 8.02. The van der Waals surface area contributed by atoms with Gasteiger partial charge in [-0.3, -0.25) is 4.79 Å². The number of halogens is 1. The maximum Gasteiger partial charge on any atom is 0.284 e. The molecule has 2 heterocycles. The molecule has 1 aromatic heterocycles. The van der Waals surface area contributed by atoms with Crippen LogP contribution < -0.4 is 4.90 Å². The van der Waals surface area contributed by atoms with Crippen molar-refractivity contribution >= 4 is 29.3 Å². The fourth-order valence-corrected chi connectivity index (χ4v) is 1.81. The van der Waals surface area contributed by atoms with Crippen molar-refractivity contribution in [1.82, 2.24) is 9.97 Å². The zero-order chi connectivity index (χ0) is 12.6. The summed E-state index contributed by atoms with van der Waals surface area (Å²) in [4.78, 5) is 25.7. The first-order valence-electron chi connectivity index (χ1n) is 5.10. The number of aryl methyl sites for hydroxylation is 1. The Morgan fingerprint density at radius 1 is 1.35 bits per heavy atom. The average molecular weight is 251 g/mol. The summed E-state index contributed by atoms with van der Waals surface area (Å²) >= 11 is 5.85. The lowest BCUT2D eigenvalue weighted by molar-refractivity contribution is -0.114. The van der Waals surface area contributed by atoms with Gasteiger partial charge in [0, 0.05) is 5.69 Å². The monoisotopic (exact) mass is 250 g/mol. The Morgan fingerprint density at radius 2 is 2.06 bits per heavy atom. The molecule has 1 aliphatic heterocycles. The number of anilines is 1. The van der Waals surface area contributed by atoms with Crippen molar-refractivity contribution in [2.24, 2.45) is 4.99 Å². The number of carbonyl (C=O) groups excluding carboxylic acids is 1. The predicted octanol–water partition coefficient (Wildman–Crippen LogP) is 2.11. The van der Waals surface area contributed by atoms with Gasteiger partial charge < -0.3 is 0 Å². The van der Waals surface area contributed by atoms with E-state index in [1.54, 1.807) is 32.9 Å². The van der Waals surface area contributed by atoms with Crippen LogP contribution in [0.3, 0.4) is 0 Å². The third kappa shape index (κ3) is 2.06. The molecule has 0 radical (unpaired) electrons. The minimum Gasteiger partial charge on any atom is -0.266 e. The molecule has 1 aliphatic rings. The molecule has 0 saturated heterocycles. The molecule has 0 spiro atoms. The molecule has 0 bridgehead atoms. The highest BCUT2D eigenvalue weighted by atomic mass is 35.5. The summed E-state index contributed by atoms with van der Waals surface area (Å²) in [5.74, 6) is 0.578. The lowest BCUT2D eigenvalue weighted by Crippen LogP contribution is -2.32. The quantitative estimate of drug-likeness (QED) is 0.567. The van der Waals surface area contributed by atoms with E-state index in [4.69, 9.17) is 11.6 Å². The van der Waals surface area contributed by atoms with Crippen LogP contribution in [0.1, 0.15) is 19.5 Å². The highest BCUT2D eigenvalue weighted by molar-refractivity contribution is 6.30. The Kier molecular flexibility index (Phi) is 2.93. The van der Waals surface area contributed by atoms with Crippen LogP contribution in [0.15, 0.2) is 22.8 Å². The first-order valence-corrected chi connectivity index (χ1v) is 5.48. The molecule has 5 nitrogen and oxygen atoms in total. The molecular weight excluding hydrogens is 240 g/mol. The van der Waals surface area contributed by atoms with E-state index < -0.39 is 0 Å². The van der Waals surface area contributed by atoms with Gasteiger partial charge in [-0.25, -0.2) is 19.9 Å². The minimum absolute atomic E-state index is 0.230. The fraction of sp³-hybridized carbons (Fsp3) is 0.273. The van der Waals surface area contributed by atoms with Crippen LogP contribution in [0.2, 0.25) is 5.15 Å². The molecule has 0 atom stereocenters. The molecule has 0 N–H and O–H groups in total. The number of nitrogens with zero attached hydrogens (tertiary/aromatic N) is 4. The summed E-state index contributed by atoms with van der Waals surface area (Å²) in [5.41, 5.74) is 1.10. The molecule has 2 rings (SSSR count). The van der Waals surface area contributed by atoms with Gasteiger partial charge in [0.1, 0.15) is 16.7 Å². The van der Waals surface area contributed by atoms with Gasteiger partial charge in [0.2, 0.25) is 5.95 Å². The van der Waals surface area contributed by atoms with E-state index in [9.17, 15) is 4.79 Å². The Hall–Kier alpha value is -1.75. The van der Waals surface area contributed by atoms with Crippen molar-refractivity contribution in [2.45, 2.75) is 20.8 Å². The molecule has 1 amide bonds. The normalized spacial score (nSPS) is 17.9. The Bertz CT molecular complexity index is 528. The van der Waals surface area contributed by atoms with E-state index in [0.29, 0.717) is 22.4 Å². The predicted molar refractivity (Wildman–Crippen MR) is 66.1 cm³/mol. The van der Waals surface area contributed by atoms with Gasteiger partial charge in [-0.15, -0.1) is 0 Å². The third-order valence-electron chi connectivity index (χ3n) is 2.31. The molecular formula is C11H11ClN4O. The van der Waals surface area contributed by atoms with Gasteiger partial charge in [0.05, 0.1) is 0 Å². The van der Waals surface area contributed by atoms with Crippen molar-refractivity contribution in [3.8, 4) is 0 Å². The standard InChI is InChI=1S/C11H11ClN4O/c1-4-8-10(17)16(7(3)14-8)11-13-6(2)5-9(12)15-11/h4-5H,1-3H3/b8-4+. The van der Waals surface area contributed by atoms with Gasteiger partial charge in [-0.2, -0.15) is 0 Å². The lowest BCUT2D eigenvalue weighted by atomic mass is 10.4. The van der Waals surface area contributed by atoms with Crippen LogP contribution in [0, 0.1) is 6.92 Å². The maximum atomic E-state index is 12.0. The second-order valence-electron chi connectivity index (χ2n) is 3.61. The molecule has 88 valence electrons. The molecule has 6 heteroatoms. The van der Waals surface area contributed by atoms with Crippen molar-refractivity contribution in [3.05, 3.63) is 28.7 Å². The number of rotatable bonds is 1. The van der Waals surface area contributed by atoms with Gasteiger partial charge in [-0.1, -0.05) is 17.7 Å². The van der Waals surface area contributed by atoms with E-state index in [2.05, 4.69) is 15.0 Å². The van der Waals surface area contributed by atoms with Gasteiger partial charge in [0.25, 0.3) is 5.91 Å². The topological polar surface area (TPSA) is 58.5 Å². The summed E-state index contributed by atoms with van der Waals surface area (Å²) in [5, 5.41) is 0.307. The Labute approximate surface area is 104 Å². The largest absolute Gasteiger partial charge is 0.284 e. The van der Waals surface area contributed by atoms with Gasteiger partial charge in [0.15, 0.2) is 0 Å². The number of amides is 1. The zero-order valence-corrected chi connectivity index (χ0v) is 10.5. The Balaban J connectivity index is 2.48. The molecule has 0 unspecified atom stereocenters. The van der Waals surface area contributed by atoms with E-state index in [0.717, 1.165) is 0 Å². The number of aromatic nitrogens is 2. The van der Waals surface area contributed by atoms with Crippen molar-refractivity contribution in [2.75, 3.05) is 4.90 Å². The summed E-state index contributed by atoms with van der Waals surface area (Å²) in [6, 6.07) is 1.63. The second kappa shape index (κ2) is 4.25. The summed E-state index contributed by atoms with van der Waals surface area (Å²) < 4.78 is 0. The summed E-state index contributed by atoms with van der Waals surface area (Å²) in [6.07, 6.45) is 1.66. The molecule has 0 aliphatic carbocycles. The van der Waals surface area contributed by atoms with E-state index in [1.807, 2.05) is 0 Å². The first kappa shape index (κ1) is 11.7. The van der Waals surface area contributed by atoms with Crippen molar-refractivity contribution < 1.29 is 4.79 Å². The minimum atomic E-state index is -0.230.